The van der Waals surface area contributed by atoms with Crippen molar-refractivity contribution in [2.24, 2.45) is 0 Å². The van der Waals surface area contributed by atoms with Gasteiger partial charge >= 0.3 is 0 Å². The summed E-state index contributed by atoms with van der Waals surface area (Å²) >= 11 is 0. The molecule has 2 rings (SSSR count). The second-order valence-electron chi connectivity index (χ2n) is 3.71. The Bertz CT molecular complexity index is 465. The van der Waals surface area contributed by atoms with Gasteiger partial charge in [-0.2, -0.15) is 0 Å². The molecule has 2 nitrogen and oxygen atoms in total. The summed E-state index contributed by atoms with van der Waals surface area (Å²) in [7, 11) is 0. The number of carbonyl (C=O) groups is 1. The summed E-state index contributed by atoms with van der Waals surface area (Å²) in [5, 5.41) is 0. The first-order valence-corrected chi connectivity index (χ1v) is 5.29. The van der Waals surface area contributed by atoms with Gasteiger partial charge in [-0.3, -0.25) is 9.78 Å². The Balaban J connectivity index is 2.24. The fourth-order valence-electron chi connectivity index (χ4n) is 1.62. The Morgan fingerprint density at radius 1 is 1.06 bits per heavy atom. The van der Waals surface area contributed by atoms with Crippen molar-refractivity contribution in [3.63, 3.8) is 0 Å². The molecule has 0 saturated carbocycles. The lowest BCUT2D eigenvalue weighted by atomic mass is 9.95. The smallest absolute Gasteiger partial charge is 0.188 e. The zero-order valence-corrected chi connectivity index (χ0v) is 9.13. The normalized spacial score (nSPS) is 12.1. The summed E-state index contributed by atoms with van der Waals surface area (Å²) in [6.45, 7) is 1.91. The number of aromatic nitrogens is 1. The van der Waals surface area contributed by atoms with Crippen LogP contribution in [0.25, 0.3) is 0 Å². The first-order chi connectivity index (χ1) is 7.79. The Kier molecular flexibility index (Phi) is 3.10. The third kappa shape index (κ3) is 2.16. The zero-order valence-electron chi connectivity index (χ0n) is 9.13. The highest BCUT2D eigenvalue weighted by molar-refractivity contribution is 5.99. The fourth-order valence-corrected chi connectivity index (χ4v) is 1.62. The van der Waals surface area contributed by atoms with Crippen molar-refractivity contribution in [2.75, 3.05) is 0 Å². The molecular weight excluding hydrogens is 198 g/mol. The summed E-state index contributed by atoms with van der Waals surface area (Å²) in [4.78, 5) is 16.2. The lowest BCUT2D eigenvalue weighted by molar-refractivity contribution is 0.0961. The molecule has 80 valence electrons. The van der Waals surface area contributed by atoms with Crippen LogP contribution < -0.4 is 0 Å². The maximum Gasteiger partial charge on any atom is 0.188 e. The molecule has 0 aliphatic rings. The standard InChI is InChI=1S/C14H13NO/c1-11(12-7-3-2-4-8-12)14(16)13-9-5-6-10-15-13/h2-11H,1H3. The number of Topliss-reactive ketones (excluding diaryl/α,β-unsaturated/α-hetero) is 1. The molecule has 0 N–H and O–H groups in total. The molecule has 0 radical (unpaired) electrons. The van der Waals surface area contributed by atoms with Gasteiger partial charge in [0.1, 0.15) is 5.69 Å². The Labute approximate surface area is 95.0 Å². The average molecular weight is 211 g/mol. The molecule has 1 unspecified atom stereocenters. The van der Waals surface area contributed by atoms with Gasteiger partial charge in [-0.25, -0.2) is 0 Å². The van der Waals surface area contributed by atoms with Gasteiger partial charge in [0.25, 0.3) is 0 Å². The van der Waals surface area contributed by atoms with E-state index in [4.69, 9.17) is 0 Å². The highest BCUT2D eigenvalue weighted by atomic mass is 16.1. The topological polar surface area (TPSA) is 30.0 Å². The van der Waals surface area contributed by atoms with Gasteiger partial charge in [0.2, 0.25) is 0 Å². The van der Waals surface area contributed by atoms with E-state index in [-0.39, 0.29) is 11.7 Å². The van der Waals surface area contributed by atoms with Crippen LogP contribution in [-0.4, -0.2) is 10.8 Å². The zero-order chi connectivity index (χ0) is 11.4. The fraction of sp³-hybridized carbons (Fsp3) is 0.143. The van der Waals surface area contributed by atoms with Crippen LogP contribution in [0.5, 0.6) is 0 Å². The number of rotatable bonds is 3. The third-order valence-electron chi connectivity index (χ3n) is 2.61. The molecule has 2 aromatic rings. The van der Waals surface area contributed by atoms with E-state index >= 15 is 0 Å². The predicted octanol–water partition coefficient (Wildman–Crippen LogP) is 3.07. The van der Waals surface area contributed by atoms with E-state index in [2.05, 4.69) is 4.98 Å². The lowest BCUT2D eigenvalue weighted by Gasteiger charge is -2.09. The van der Waals surface area contributed by atoms with Crippen molar-refractivity contribution in [3.8, 4) is 0 Å². The molecule has 16 heavy (non-hydrogen) atoms. The molecule has 1 aromatic heterocycles. The van der Waals surface area contributed by atoms with Gasteiger partial charge in [0.05, 0.1) is 0 Å². The van der Waals surface area contributed by atoms with Gasteiger partial charge in [-0.05, 0) is 17.7 Å². The number of hydrogen-bond donors (Lipinski definition) is 0. The van der Waals surface area contributed by atoms with E-state index in [1.807, 2.05) is 49.4 Å². The van der Waals surface area contributed by atoms with Crippen molar-refractivity contribution >= 4 is 5.78 Å². The lowest BCUT2D eigenvalue weighted by Crippen LogP contribution is -2.10. The number of nitrogens with zero attached hydrogens (tertiary/aromatic N) is 1. The summed E-state index contributed by atoms with van der Waals surface area (Å²) in [6.07, 6.45) is 1.64. The van der Waals surface area contributed by atoms with Gasteiger partial charge in [-0.15, -0.1) is 0 Å². The number of benzene rings is 1. The van der Waals surface area contributed by atoms with Crippen LogP contribution in [0.1, 0.15) is 28.9 Å². The van der Waals surface area contributed by atoms with Gasteiger partial charge in [0, 0.05) is 12.1 Å². The van der Waals surface area contributed by atoms with Crippen LogP contribution in [0.15, 0.2) is 54.7 Å². The summed E-state index contributed by atoms with van der Waals surface area (Å²) < 4.78 is 0. The Hall–Kier alpha value is -1.96. The molecule has 2 heteroatoms. The molecule has 0 bridgehead atoms. The van der Waals surface area contributed by atoms with E-state index in [9.17, 15) is 4.79 Å². The molecule has 0 fully saturated rings. The number of hydrogen-bond acceptors (Lipinski definition) is 2. The van der Waals surface area contributed by atoms with E-state index < -0.39 is 0 Å². The SMILES string of the molecule is CC(C(=O)c1ccccn1)c1ccccc1. The third-order valence-corrected chi connectivity index (χ3v) is 2.61. The van der Waals surface area contributed by atoms with Crippen LogP contribution in [0.3, 0.4) is 0 Å². The van der Waals surface area contributed by atoms with Crippen molar-refractivity contribution in [2.45, 2.75) is 12.8 Å². The minimum absolute atomic E-state index is 0.0619. The predicted molar refractivity (Wildman–Crippen MR) is 63.4 cm³/mol. The molecule has 0 spiro atoms. The molecule has 0 amide bonds. The van der Waals surface area contributed by atoms with Crippen LogP contribution in [-0.2, 0) is 0 Å². The summed E-state index contributed by atoms with van der Waals surface area (Å²) in [5.74, 6) is -0.0806. The average Bonchev–Trinajstić information content (AvgIpc) is 2.39. The largest absolute Gasteiger partial charge is 0.292 e. The quantitative estimate of drug-likeness (QED) is 0.730. The van der Waals surface area contributed by atoms with Crippen LogP contribution in [0.2, 0.25) is 0 Å². The van der Waals surface area contributed by atoms with Crippen molar-refractivity contribution in [1.29, 1.82) is 0 Å². The molecular formula is C14H13NO. The second-order valence-corrected chi connectivity index (χ2v) is 3.71. The van der Waals surface area contributed by atoms with E-state index in [0.717, 1.165) is 5.56 Å². The highest BCUT2D eigenvalue weighted by Gasteiger charge is 2.17. The summed E-state index contributed by atoms with van der Waals surface area (Å²) in [5.41, 5.74) is 1.55. The maximum absolute atomic E-state index is 12.1. The van der Waals surface area contributed by atoms with Gasteiger partial charge in [-0.1, -0.05) is 43.3 Å². The minimum Gasteiger partial charge on any atom is -0.292 e. The van der Waals surface area contributed by atoms with Crippen molar-refractivity contribution in [1.82, 2.24) is 4.98 Å². The molecule has 0 aliphatic heterocycles. The van der Waals surface area contributed by atoms with Crippen LogP contribution >= 0.6 is 0 Å². The molecule has 1 aromatic carbocycles. The first kappa shape index (κ1) is 10.6. The monoisotopic (exact) mass is 211 g/mol. The van der Waals surface area contributed by atoms with Crippen molar-refractivity contribution < 1.29 is 4.79 Å². The van der Waals surface area contributed by atoms with E-state index in [1.54, 1.807) is 12.3 Å². The number of carbonyl (C=O) groups excluding carboxylic acids is 1. The highest BCUT2D eigenvalue weighted by Crippen LogP contribution is 2.18. The molecule has 0 saturated heterocycles. The number of pyridine rings is 1. The molecule has 1 heterocycles. The van der Waals surface area contributed by atoms with E-state index in [0.29, 0.717) is 5.69 Å². The van der Waals surface area contributed by atoms with Crippen molar-refractivity contribution in [3.05, 3.63) is 66.0 Å². The Morgan fingerprint density at radius 3 is 2.38 bits per heavy atom. The number of ketones is 1. The van der Waals surface area contributed by atoms with E-state index in [1.165, 1.54) is 0 Å². The second kappa shape index (κ2) is 4.71. The van der Waals surface area contributed by atoms with Crippen LogP contribution in [0, 0.1) is 0 Å². The van der Waals surface area contributed by atoms with Gasteiger partial charge in [0.15, 0.2) is 5.78 Å². The maximum atomic E-state index is 12.1. The van der Waals surface area contributed by atoms with Gasteiger partial charge < -0.3 is 0 Å². The molecule has 0 aliphatic carbocycles. The summed E-state index contributed by atoms with van der Waals surface area (Å²) in [6, 6.07) is 15.2. The Morgan fingerprint density at radius 2 is 1.75 bits per heavy atom. The minimum atomic E-state index is -0.143. The first-order valence-electron chi connectivity index (χ1n) is 5.29. The molecule has 1 atom stereocenters. The van der Waals surface area contributed by atoms with Crippen LogP contribution in [0.4, 0.5) is 0 Å².